The maximum atomic E-state index is 11.6. The molecule has 0 aliphatic carbocycles. The zero-order valence-corrected chi connectivity index (χ0v) is 11.8. The lowest BCUT2D eigenvalue weighted by Crippen LogP contribution is -2.43. The van der Waals surface area contributed by atoms with Crippen molar-refractivity contribution in [3.8, 4) is 0 Å². The van der Waals surface area contributed by atoms with Gasteiger partial charge in [-0.25, -0.2) is 4.99 Å². The first-order valence-corrected chi connectivity index (χ1v) is 6.74. The molecule has 18 heavy (non-hydrogen) atoms. The van der Waals surface area contributed by atoms with Crippen LogP contribution < -0.4 is 11.1 Å². The van der Waals surface area contributed by atoms with Gasteiger partial charge in [-0.1, -0.05) is 12.8 Å². The minimum Gasteiger partial charge on any atom is -0.370 e. The lowest BCUT2D eigenvalue weighted by Gasteiger charge is -2.22. The van der Waals surface area contributed by atoms with Crippen LogP contribution in [0.4, 0.5) is 0 Å². The number of carbonyl (C=O) groups excluding carboxylic acids is 1. The number of guanidine groups is 1. The lowest BCUT2D eigenvalue weighted by atomic mass is 10.1. The van der Waals surface area contributed by atoms with Crippen molar-refractivity contribution in [1.82, 2.24) is 10.2 Å². The zero-order valence-electron chi connectivity index (χ0n) is 11.8. The molecule has 0 bridgehead atoms. The molecule has 104 valence electrons. The highest BCUT2D eigenvalue weighted by molar-refractivity contribution is 5.84. The van der Waals surface area contributed by atoms with E-state index in [1.807, 2.05) is 20.8 Å². The maximum absolute atomic E-state index is 11.6. The number of hydrogen-bond donors (Lipinski definition) is 2. The van der Waals surface area contributed by atoms with Gasteiger partial charge in [0.1, 0.15) is 6.54 Å². The van der Waals surface area contributed by atoms with Gasteiger partial charge in [0.25, 0.3) is 0 Å². The smallest absolute Gasteiger partial charge is 0.242 e. The van der Waals surface area contributed by atoms with Crippen LogP contribution in [0.5, 0.6) is 0 Å². The largest absolute Gasteiger partial charge is 0.370 e. The summed E-state index contributed by atoms with van der Waals surface area (Å²) < 4.78 is 0. The van der Waals surface area contributed by atoms with E-state index in [1.165, 1.54) is 12.8 Å². The number of rotatable bonds is 2. The first-order chi connectivity index (χ1) is 8.38. The van der Waals surface area contributed by atoms with Crippen molar-refractivity contribution in [2.45, 2.75) is 52.0 Å². The topological polar surface area (TPSA) is 70.7 Å². The van der Waals surface area contributed by atoms with Crippen LogP contribution in [0.2, 0.25) is 0 Å². The van der Waals surface area contributed by atoms with Gasteiger partial charge in [0.2, 0.25) is 5.91 Å². The highest BCUT2D eigenvalue weighted by Crippen LogP contribution is 2.09. The minimum absolute atomic E-state index is 0.0831. The third-order valence-electron chi connectivity index (χ3n) is 2.83. The Bertz CT molecular complexity index is 299. The van der Waals surface area contributed by atoms with E-state index >= 15 is 0 Å². The number of nitrogens with one attached hydrogen (secondary N) is 1. The van der Waals surface area contributed by atoms with Crippen molar-refractivity contribution in [2.24, 2.45) is 10.7 Å². The molecule has 1 aliphatic rings. The van der Waals surface area contributed by atoms with Crippen molar-refractivity contribution in [2.75, 3.05) is 19.6 Å². The molecule has 0 aromatic heterocycles. The van der Waals surface area contributed by atoms with Crippen molar-refractivity contribution in [1.29, 1.82) is 0 Å². The van der Waals surface area contributed by atoms with Gasteiger partial charge in [-0.15, -0.1) is 0 Å². The summed E-state index contributed by atoms with van der Waals surface area (Å²) in [4.78, 5) is 17.9. The molecule has 5 heteroatoms. The second-order valence-corrected chi connectivity index (χ2v) is 5.87. The quantitative estimate of drug-likeness (QED) is 0.572. The van der Waals surface area contributed by atoms with Gasteiger partial charge in [-0.05, 0) is 33.6 Å². The molecule has 1 aliphatic heterocycles. The number of aliphatic imine (C=N–C) groups is 1. The number of amides is 1. The van der Waals surface area contributed by atoms with Gasteiger partial charge < -0.3 is 16.0 Å². The molecule has 1 fully saturated rings. The summed E-state index contributed by atoms with van der Waals surface area (Å²) in [5.74, 6) is 0.418. The zero-order chi connectivity index (χ0) is 13.6. The Morgan fingerprint density at radius 3 is 2.28 bits per heavy atom. The summed E-state index contributed by atoms with van der Waals surface area (Å²) in [5.41, 5.74) is 5.71. The fourth-order valence-electron chi connectivity index (χ4n) is 2.01. The third-order valence-corrected chi connectivity index (χ3v) is 2.83. The molecule has 1 rings (SSSR count). The maximum Gasteiger partial charge on any atom is 0.242 e. The molecule has 1 amide bonds. The molecular weight excluding hydrogens is 228 g/mol. The molecule has 1 heterocycles. The van der Waals surface area contributed by atoms with Crippen LogP contribution in [0.25, 0.3) is 0 Å². The molecule has 1 saturated heterocycles. The normalized spacial score (nSPS) is 18.4. The second kappa shape index (κ2) is 6.61. The average Bonchev–Trinajstić information content (AvgIpc) is 2.52. The average molecular weight is 254 g/mol. The molecule has 0 aromatic rings. The summed E-state index contributed by atoms with van der Waals surface area (Å²) in [6.45, 7) is 7.87. The molecule has 5 nitrogen and oxygen atoms in total. The highest BCUT2D eigenvalue weighted by atomic mass is 16.2. The first kappa shape index (κ1) is 14.8. The van der Waals surface area contributed by atoms with E-state index in [2.05, 4.69) is 15.2 Å². The van der Waals surface area contributed by atoms with Crippen LogP contribution >= 0.6 is 0 Å². The molecule has 0 spiro atoms. The molecule has 0 atom stereocenters. The van der Waals surface area contributed by atoms with E-state index in [4.69, 9.17) is 5.73 Å². The predicted octanol–water partition coefficient (Wildman–Crippen LogP) is 1.09. The van der Waals surface area contributed by atoms with Gasteiger partial charge in [-0.2, -0.15) is 0 Å². The summed E-state index contributed by atoms with van der Waals surface area (Å²) in [6, 6.07) is 0. The molecule has 0 saturated carbocycles. The number of carbonyl (C=O) groups is 1. The van der Waals surface area contributed by atoms with E-state index < -0.39 is 0 Å². The lowest BCUT2D eigenvalue weighted by molar-refractivity contribution is -0.121. The minimum atomic E-state index is -0.218. The molecular formula is C13H26N4O. The van der Waals surface area contributed by atoms with Crippen LogP contribution in [-0.2, 0) is 4.79 Å². The van der Waals surface area contributed by atoms with E-state index in [-0.39, 0.29) is 18.0 Å². The highest BCUT2D eigenvalue weighted by Gasteiger charge is 2.14. The predicted molar refractivity (Wildman–Crippen MR) is 74.4 cm³/mol. The summed E-state index contributed by atoms with van der Waals surface area (Å²) in [6.07, 6.45) is 4.83. The summed E-state index contributed by atoms with van der Waals surface area (Å²) in [7, 11) is 0. The monoisotopic (exact) mass is 254 g/mol. The Kier molecular flexibility index (Phi) is 5.44. The number of hydrogen-bond acceptors (Lipinski definition) is 2. The van der Waals surface area contributed by atoms with E-state index in [0.717, 1.165) is 25.9 Å². The van der Waals surface area contributed by atoms with Crippen LogP contribution in [0.15, 0.2) is 4.99 Å². The third kappa shape index (κ3) is 5.89. The van der Waals surface area contributed by atoms with Gasteiger partial charge >= 0.3 is 0 Å². The summed E-state index contributed by atoms with van der Waals surface area (Å²) in [5, 5.41) is 2.87. The van der Waals surface area contributed by atoms with Crippen molar-refractivity contribution in [3.05, 3.63) is 0 Å². The fourth-order valence-corrected chi connectivity index (χ4v) is 2.01. The van der Waals surface area contributed by atoms with Crippen molar-refractivity contribution in [3.63, 3.8) is 0 Å². The van der Waals surface area contributed by atoms with Crippen LogP contribution in [0.3, 0.4) is 0 Å². The molecule has 3 N–H and O–H groups in total. The standard InChI is InChI=1S/C13H26N4O/c1-13(2,3)16-11(18)10-15-12(14)17-8-6-4-5-7-9-17/h4-10H2,1-3H3,(H2,14,15)(H,16,18). The van der Waals surface area contributed by atoms with Crippen molar-refractivity contribution >= 4 is 11.9 Å². The number of nitrogens with zero attached hydrogens (tertiary/aromatic N) is 2. The summed E-state index contributed by atoms with van der Waals surface area (Å²) >= 11 is 0. The van der Waals surface area contributed by atoms with Crippen LogP contribution in [0.1, 0.15) is 46.5 Å². The first-order valence-electron chi connectivity index (χ1n) is 6.74. The van der Waals surface area contributed by atoms with E-state index in [9.17, 15) is 4.79 Å². The Morgan fingerprint density at radius 2 is 1.78 bits per heavy atom. The van der Waals surface area contributed by atoms with Crippen molar-refractivity contribution < 1.29 is 4.79 Å². The van der Waals surface area contributed by atoms with Gasteiger partial charge in [0.15, 0.2) is 5.96 Å². The van der Waals surface area contributed by atoms with E-state index in [0.29, 0.717) is 5.96 Å². The van der Waals surface area contributed by atoms with Gasteiger partial charge in [0.05, 0.1) is 0 Å². The Morgan fingerprint density at radius 1 is 1.22 bits per heavy atom. The molecule has 0 radical (unpaired) electrons. The van der Waals surface area contributed by atoms with E-state index in [1.54, 1.807) is 0 Å². The molecule has 0 unspecified atom stereocenters. The second-order valence-electron chi connectivity index (χ2n) is 5.87. The Balaban J connectivity index is 2.42. The van der Waals surface area contributed by atoms with Gasteiger partial charge in [-0.3, -0.25) is 4.79 Å². The Labute approximate surface area is 110 Å². The number of likely N-dealkylation sites (tertiary alicyclic amines) is 1. The van der Waals surface area contributed by atoms with Crippen LogP contribution in [0, 0.1) is 0 Å². The SMILES string of the molecule is CC(C)(C)NC(=O)CN=C(N)N1CCCCCC1. The number of nitrogens with two attached hydrogens (primary N) is 1. The van der Waals surface area contributed by atoms with Gasteiger partial charge in [0, 0.05) is 18.6 Å². The Hall–Kier alpha value is -1.26. The van der Waals surface area contributed by atoms with Crippen LogP contribution in [-0.4, -0.2) is 41.9 Å². The fraction of sp³-hybridized carbons (Fsp3) is 0.846. The molecule has 0 aromatic carbocycles.